The van der Waals surface area contributed by atoms with Crippen molar-refractivity contribution in [2.24, 2.45) is 0 Å². The van der Waals surface area contributed by atoms with Crippen molar-refractivity contribution in [3.63, 3.8) is 0 Å². The second-order valence-corrected chi connectivity index (χ2v) is 8.26. The fraction of sp³-hybridized carbons (Fsp3) is 0.733. The number of carbonyl (C=O) groups excluding carboxylic acids is 1. The molecule has 6 heteroatoms. The van der Waals surface area contributed by atoms with Gasteiger partial charge in [0.25, 0.3) is 0 Å². The fourth-order valence-electron chi connectivity index (χ4n) is 2.53. The van der Waals surface area contributed by atoms with Gasteiger partial charge in [0.15, 0.2) is 0 Å². The Morgan fingerprint density at radius 2 is 2.24 bits per heavy atom. The average molecular weight is 329 g/mol. The molecule has 1 aliphatic carbocycles. The first-order valence-corrected chi connectivity index (χ1v) is 9.97. The van der Waals surface area contributed by atoms with Crippen LogP contribution < -0.4 is 5.32 Å². The Balaban J connectivity index is 1.88. The Hall–Kier alpha value is -0.750. The third-order valence-electron chi connectivity index (χ3n) is 3.88. The van der Waals surface area contributed by atoms with E-state index in [0.717, 1.165) is 12.1 Å². The van der Waals surface area contributed by atoms with Crippen LogP contribution in [0.25, 0.3) is 0 Å². The molecule has 1 aliphatic rings. The number of amides is 1. The molecule has 0 radical (unpaired) electrons. The predicted octanol–water partition coefficient (Wildman–Crippen LogP) is 2.96. The number of hydrogen-bond donors (Lipinski definition) is 1. The van der Waals surface area contributed by atoms with Crippen LogP contribution >= 0.6 is 11.3 Å². The summed E-state index contributed by atoms with van der Waals surface area (Å²) in [6, 6.07) is 0. The highest BCUT2D eigenvalue weighted by atomic mass is 32.2. The molecule has 2 rings (SSSR count). The van der Waals surface area contributed by atoms with Crippen molar-refractivity contribution in [2.75, 3.05) is 6.54 Å². The quantitative estimate of drug-likeness (QED) is 0.837. The van der Waals surface area contributed by atoms with E-state index in [9.17, 15) is 9.00 Å². The molecule has 4 nitrogen and oxygen atoms in total. The van der Waals surface area contributed by atoms with Crippen LogP contribution in [0, 0.1) is 0 Å². The van der Waals surface area contributed by atoms with Gasteiger partial charge in [-0.1, -0.05) is 19.8 Å². The van der Waals surface area contributed by atoms with Gasteiger partial charge >= 0.3 is 0 Å². The van der Waals surface area contributed by atoms with Crippen LogP contribution in [0.15, 0.2) is 5.38 Å². The molecule has 1 aromatic heterocycles. The minimum atomic E-state index is -1.21. The molecule has 2 unspecified atom stereocenters. The lowest BCUT2D eigenvalue weighted by Crippen LogP contribution is -2.36. The Morgan fingerprint density at radius 1 is 1.52 bits per heavy atom. The minimum Gasteiger partial charge on any atom is -0.355 e. The van der Waals surface area contributed by atoms with E-state index in [4.69, 9.17) is 0 Å². The molecule has 1 heterocycles. The summed E-state index contributed by atoms with van der Waals surface area (Å²) in [5.74, 6) is 0.855. The molecule has 1 amide bonds. The van der Waals surface area contributed by atoms with E-state index < -0.39 is 16.0 Å². The van der Waals surface area contributed by atoms with Gasteiger partial charge in [0.1, 0.15) is 5.25 Å². The number of thiazole rings is 1. The highest BCUT2D eigenvalue weighted by Crippen LogP contribution is 2.35. The summed E-state index contributed by atoms with van der Waals surface area (Å²) in [5, 5.41) is 5.51. The summed E-state index contributed by atoms with van der Waals surface area (Å²) < 4.78 is 12.3. The maximum atomic E-state index is 12.3. The normalized spacial score (nSPS) is 18.6. The first kappa shape index (κ1) is 16.6. The summed E-state index contributed by atoms with van der Waals surface area (Å²) in [5.41, 5.74) is 0.871. The van der Waals surface area contributed by atoms with E-state index in [0.29, 0.717) is 18.2 Å². The number of hydrogen-bond acceptors (Lipinski definition) is 4. The molecule has 1 aromatic rings. The van der Waals surface area contributed by atoms with Crippen LogP contribution in [0.4, 0.5) is 0 Å². The molecule has 2 atom stereocenters. The van der Waals surface area contributed by atoms with Gasteiger partial charge in [-0.2, -0.15) is 0 Å². The van der Waals surface area contributed by atoms with Gasteiger partial charge in [0.2, 0.25) is 5.91 Å². The molecule has 0 saturated heterocycles. The van der Waals surface area contributed by atoms with E-state index >= 15 is 0 Å². The predicted molar refractivity (Wildman–Crippen MR) is 87.9 cm³/mol. The summed E-state index contributed by atoms with van der Waals surface area (Å²) in [7, 11) is -1.21. The molecule has 1 fully saturated rings. The zero-order valence-corrected chi connectivity index (χ0v) is 14.4. The lowest BCUT2D eigenvalue weighted by atomic mass is 10.1. The summed E-state index contributed by atoms with van der Waals surface area (Å²) in [4.78, 5) is 16.5. The average Bonchev–Trinajstić information content (AvgIpc) is 3.14. The van der Waals surface area contributed by atoms with Gasteiger partial charge in [-0.3, -0.25) is 9.00 Å². The number of rotatable bonds is 7. The highest BCUT2D eigenvalue weighted by molar-refractivity contribution is 7.85. The summed E-state index contributed by atoms with van der Waals surface area (Å²) >= 11 is 1.68. The van der Waals surface area contributed by atoms with E-state index in [1.165, 1.54) is 30.7 Å². The molecule has 0 spiro atoms. The molecule has 118 valence electrons. The van der Waals surface area contributed by atoms with E-state index in [1.54, 1.807) is 18.3 Å². The number of nitrogens with zero attached hydrogens (tertiary/aromatic N) is 1. The highest BCUT2D eigenvalue weighted by Gasteiger charge is 2.23. The van der Waals surface area contributed by atoms with Crippen LogP contribution in [0.2, 0.25) is 0 Å². The van der Waals surface area contributed by atoms with Crippen LogP contribution in [0.3, 0.4) is 0 Å². The Kier molecular flexibility index (Phi) is 6.36. The standard InChI is InChI=1S/C15H24N2O2S2/c1-3-8-16-14(18)11(2)21(19)10-13-9-20-15(17-13)12-6-4-5-7-12/h9,11-12H,3-8,10H2,1-2H3,(H,16,18). The van der Waals surface area contributed by atoms with E-state index in [-0.39, 0.29) is 5.91 Å². The van der Waals surface area contributed by atoms with Gasteiger partial charge in [0, 0.05) is 28.6 Å². The smallest absolute Gasteiger partial charge is 0.235 e. The molecule has 0 aromatic carbocycles. The Morgan fingerprint density at radius 3 is 2.90 bits per heavy atom. The van der Waals surface area contributed by atoms with Crippen LogP contribution in [-0.2, 0) is 21.3 Å². The lowest BCUT2D eigenvalue weighted by Gasteiger charge is -2.10. The van der Waals surface area contributed by atoms with Crippen LogP contribution in [0.5, 0.6) is 0 Å². The largest absolute Gasteiger partial charge is 0.355 e. The van der Waals surface area contributed by atoms with Crippen molar-refractivity contribution in [2.45, 2.75) is 62.9 Å². The second-order valence-electron chi connectivity index (χ2n) is 5.62. The zero-order chi connectivity index (χ0) is 15.2. The zero-order valence-electron chi connectivity index (χ0n) is 12.8. The number of carbonyl (C=O) groups is 1. The van der Waals surface area contributed by atoms with E-state index in [1.807, 2.05) is 12.3 Å². The topological polar surface area (TPSA) is 59.1 Å². The minimum absolute atomic E-state index is 0.124. The first-order chi connectivity index (χ1) is 10.1. The molecule has 1 N–H and O–H groups in total. The molecule has 0 aliphatic heterocycles. The lowest BCUT2D eigenvalue weighted by molar-refractivity contribution is -0.120. The van der Waals surface area contributed by atoms with E-state index in [2.05, 4.69) is 10.3 Å². The summed E-state index contributed by atoms with van der Waals surface area (Å²) in [6.07, 6.45) is 5.93. The maximum Gasteiger partial charge on any atom is 0.235 e. The van der Waals surface area contributed by atoms with Gasteiger partial charge in [0.05, 0.1) is 16.5 Å². The second kappa shape index (κ2) is 8.03. The van der Waals surface area contributed by atoms with Crippen molar-refractivity contribution in [3.8, 4) is 0 Å². The van der Waals surface area contributed by atoms with Crippen molar-refractivity contribution >= 4 is 28.0 Å². The number of aromatic nitrogens is 1. The SMILES string of the molecule is CCCNC(=O)C(C)S(=O)Cc1csc(C2CCCC2)n1. The summed E-state index contributed by atoms with van der Waals surface area (Å²) in [6.45, 7) is 4.37. The Bertz CT molecular complexity index is 496. The molecule has 1 saturated carbocycles. The van der Waals surface area contributed by atoms with Crippen molar-refractivity contribution in [1.82, 2.24) is 10.3 Å². The monoisotopic (exact) mass is 328 g/mol. The van der Waals surface area contributed by atoms with Gasteiger partial charge in [-0.05, 0) is 26.2 Å². The molecule has 21 heavy (non-hydrogen) atoms. The van der Waals surface area contributed by atoms with Gasteiger partial charge in [-0.25, -0.2) is 4.98 Å². The van der Waals surface area contributed by atoms with Crippen molar-refractivity contribution < 1.29 is 9.00 Å². The third kappa shape index (κ3) is 4.61. The maximum absolute atomic E-state index is 12.3. The fourth-order valence-corrected chi connectivity index (χ4v) is 4.64. The van der Waals surface area contributed by atoms with Crippen molar-refractivity contribution in [1.29, 1.82) is 0 Å². The van der Waals surface area contributed by atoms with Crippen molar-refractivity contribution in [3.05, 3.63) is 16.1 Å². The third-order valence-corrected chi connectivity index (χ3v) is 6.52. The van der Waals surface area contributed by atoms with Gasteiger partial charge < -0.3 is 5.32 Å². The Labute approximate surface area is 133 Å². The van der Waals surface area contributed by atoms with Crippen LogP contribution in [-0.4, -0.2) is 26.9 Å². The molecular formula is C15H24N2O2S2. The molecular weight excluding hydrogens is 304 g/mol. The number of nitrogens with one attached hydrogen (secondary N) is 1. The van der Waals surface area contributed by atoms with Gasteiger partial charge in [-0.15, -0.1) is 11.3 Å². The first-order valence-electron chi connectivity index (χ1n) is 7.71. The van der Waals surface area contributed by atoms with Crippen LogP contribution in [0.1, 0.15) is 62.6 Å². The molecule has 0 bridgehead atoms.